The van der Waals surface area contributed by atoms with Crippen molar-refractivity contribution >= 4 is 12.2 Å². The van der Waals surface area contributed by atoms with Crippen LogP contribution in [-0.2, 0) is 9.47 Å². The van der Waals surface area contributed by atoms with Crippen LogP contribution in [0.3, 0.4) is 0 Å². The Balaban J connectivity index is 2.29. The molecule has 0 spiro atoms. The number of rotatable bonds is 10. The largest absolute Gasteiger partial charge is 0.453 e. The molecule has 1 rings (SSSR count). The van der Waals surface area contributed by atoms with Gasteiger partial charge in [-0.1, -0.05) is 0 Å². The Bertz CT molecular complexity index is 477. The van der Waals surface area contributed by atoms with E-state index in [0.29, 0.717) is 19.1 Å². The lowest BCUT2D eigenvalue weighted by atomic mass is 10.1. The number of likely N-dealkylation sites (N-methyl/N-ethyl adjacent to an activating group) is 2. The maximum atomic E-state index is 11.8. The highest BCUT2D eigenvalue weighted by molar-refractivity contribution is 5.67. The maximum Gasteiger partial charge on any atom is 0.409 e. The molecule has 9 heteroatoms. The SMILES string of the molecule is COC(=O)NCCN1CCN(C)C(CN(C)CCCN(C)C(=O)OC(C)C)C1. The Labute approximate surface area is 169 Å². The molecule has 0 aromatic heterocycles. The summed E-state index contributed by atoms with van der Waals surface area (Å²) in [7, 11) is 7.44. The molecule has 0 radical (unpaired) electrons. The van der Waals surface area contributed by atoms with E-state index in [2.05, 4.69) is 38.8 Å². The summed E-state index contributed by atoms with van der Waals surface area (Å²) in [5.74, 6) is 0. The van der Waals surface area contributed by atoms with Crippen molar-refractivity contribution in [1.82, 2.24) is 24.9 Å². The summed E-state index contributed by atoms with van der Waals surface area (Å²) in [5, 5.41) is 2.74. The Morgan fingerprint density at radius 1 is 1.21 bits per heavy atom. The van der Waals surface area contributed by atoms with E-state index in [1.807, 2.05) is 13.8 Å². The highest BCUT2D eigenvalue weighted by atomic mass is 16.6. The molecule has 164 valence electrons. The average Bonchev–Trinajstić information content (AvgIpc) is 2.63. The minimum atomic E-state index is -0.382. The van der Waals surface area contributed by atoms with Gasteiger partial charge in [-0.3, -0.25) is 9.80 Å². The van der Waals surface area contributed by atoms with E-state index >= 15 is 0 Å². The lowest BCUT2D eigenvalue weighted by Crippen LogP contribution is -2.56. The molecule has 1 fully saturated rings. The van der Waals surface area contributed by atoms with E-state index in [-0.39, 0.29) is 18.3 Å². The Kier molecular flexibility index (Phi) is 11.2. The smallest absolute Gasteiger partial charge is 0.409 e. The highest BCUT2D eigenvalue weighted by Gasteiger charge is 2.25. The molecular formula is C19H39N5O4. The highest BCUT2D eigenvalue weighted by Crippen LogP contribution is 2.09. The van der Waals surface area contributed by atoms with Gasteiger partial charge in [-0.15, -0.1) is 0 Å². The molecule has 1 heterocycles. The van der Waals surface area contributed by atoms with Crippen molar-refractivity contribution < 1.29 is 19.1 Å². The maximum absolute atomic E-state index is 11.8. The van der Waals surface area contributed by atoms with Crippen LogP contribution in [-0.4, -0.2) is 125 Å². The molecule has 1 unspecified atom stereocenters. The van der Waals surface area contributed by atoms with Crippen LogP contribution >= 0.6 is 0 Å². The number of piperazine rings is 1. The van der Waals surface area contributed by atoms with E-state index in [1.54, 1.807) is 11.9 Å². The molecule has 1 atom stereocenters. The van der Waals surface area contributed by atoms with Gasteiger partial charge in [0.2, 0.25) is 0 Å². The van der Waals surface area contributed by atoms with Gasteiger partial charge in [0, 0.05) is 58.9 Å². The van der Waals surface area contributed by atoms with Gasteiger partial charge < -0.3 is 24.6 Å². The number of nitrogens with one attached hydrogen (secondary N) is 1. The number of methoxy groups -OCH3 is 1. The summed E-state index contributed by atoms with van der Waals surface area (Å²) in [6.45, 7) is 10.7. The van der Waals surface area contributed by atoms with E-state index in [4.69, 9.17) is 4.74 Å². The number of hydrogen-bond donors (Lipinski definition) is 1. The minimum Gasteiger partial charge on any atom is -0.453 e. The second-order valence-corrected chi connectivity index (χ2v) is 7.82. The van der Waals surface area contributed by atoms with Gasteiger partial charge in [-0.25, -0.2) is 9.59 Å². The van der Waals surface area contributed by atoms with Gasteiger partial charge in [0.05, 0.1) is 13.2 Å². The Morgan fingerprint density at radius 3 is 2.57 bits per heavy atom. The lowest BCUT2D eigenvalue weighted by Gasteiger charge is -2.41. The van der Waals surface area contributed by atoms with Gasteiger partial charge >= 0.3 is 12.2 Å². The summed E-state index contributed by atoms with van der Waals surface area (Å²) in [5.41, 5.74) is 0. The summed E-state index contributed by atoms with van der Waals surface area (Å²) in [4.78, 5) is 31.7. The van der Waals surface area contributed by atoms with Crippen molar-refractivity contribution in [2.24, 2.45) is 0 Å². The van der Waals surface area contributed by atoms with Crippen molar-refractivity contribution in [1.29, 1.82) is 0 Å². The zero-order valence-electron chi connectivity index (χ0n) is 18.4. The topological polar surface area (TPSA) is 77.6 Å². The Hall–Kier alpha value is -1.58. The molecule has 0 aliphatic carbocycles. The molecule has 1 aliphatic rings. The Morgan fingerprint density at radius 2 is 1.93 bits per heavy atom. The number of ether oxygens (including phenoxy) is 2. The number of nitrogens with zero attached hydrogens (tertiary/aromatic N) is 4. The molecule has 0 saturated carbocycles. The van der Waals surface area contributed by atoms with Crippen LogP contribution in [0.1, 0.15) is 20.3 Å². The van der Waals surface area contributed by atoms with Crippen molar-refractivity contribution in [2.75, 3.05) is 80.6 Å². The van der Waals surface area contributed by atoms with Gasteiger partial charge in [0.25, 0.3) is 0 Å². The standard InChI is InChI=1S/C19H39N5O4/c1-16(2)28-19(26)23(5)10-7-9-21(3)14-17-15-24(13-12-22(17)4)11-8-20-18(25)27-6/h16-17H,7-15H2,1-6H3,(H,20,25). The quantitative estimate of drug-likeness (QED) is 0.579. The third-order valence-corrected chi connectivity index (χ3v) is 4.95. The normalized spacial score (nSPS) is 18.4. The third kappa shape index (κ3) is 9.57. The fourth-order valence-corrected chi connectivity index (χ4v) is 3.21. The first-order valence-corrected chi connectivity index (χ1v) is 10.1. The van der Waals surface area contributed by atoms with Crippen molar-refractivity contribution in [2.45, 2.75) is 32.4 Å². The number of carbonyl (C=O) groups is 2. The molecule has 0 aromatic carbocycles. The van der Waals surface area contributed by atoms with Crippen molar-refractivity contribution in [3.8, 4) is 0 Å². The van der Waals surface area contributed by atoms with Crippen molar-refractivity contribution in [3.63, 3.8) is 0 Å². The van der Waals surface area contributed by atoms with Gasteiger partial charge in [0.1, 0.15) is 0 Å². The van der Waals surface area contributed by atoms with Gasteiger partial charge in [0.15, 0.2) is 0 Å². The lowest BCUT2D eigenvalue weighted by molar-refractivity contribution is 0.0715. The summed E-state index contributed by atoms with van der Waals surface area (Å²) in [6, 6.07) is 0.445. The number of hydrogen-bond acceptors (Lipinski definition) is 7. The summed E-state index contributed by atoms with van der Waals surface area (Å²) in [6.07, 6.45) is 0.169. The first-order chi connectivity index (χ1) is 13.2. The fourth-order valence-electron chi connectivity index (χ4n) is 3.21. The zero-order chi connectivity index (χ0) is 21.1. The second-order valence-electron chi connectivity index (χ2n) is 7.82. The number of carbonyl (C=O) groups excluding carboxylic acids is 2. The zero-order valence-corrected chi connectivity index (χ0v) is 18.4. The minimum absolute atomic E-state index is 0.0924. The summed E-state index contributed by atoms with van der Waals surface area (Å²) >= 11 is 0. The monoisotopic (exact) mass is 401 g/mol. The molecular weight excluding hydrogens is 362 g/mol. The molecule has 28 heavy (non-hydrogen) atoms. The van der Waals surface area contributed by atoms with Gasteiger partial charge in [-0.2, -0.15) is 0 Å². The predicted molar refractivity (Wildman–Crippen MR) is 110 cm³/mol. The molecule has 0 aromatic rings. The van der Waals surface area contributed by atoms with Crippen LogP contribution in [0.15, 0.2) is 0 Å². The van der Waals surface area contributed by atoms with Crippen LogP contribution < -0.4 is 5.32 Å². The molecule has 1 aliphatic heterocycles. The van der Waals surface area contributed by atoms with Crippen LogP contribution in [0.5, 0.6) is 0 Å². The first kappa shape index (κ1) is 24.5. The van der Waals surface area contributed by atoms with Crippen molar-refractivity contribution in [3.05, 3.63) is 0 Å². The fraction of sp³-hybridized carbons (Fsp3) is 0.895. The third-order valence-electron chi connectivity index (χ3n) is 4.95. The van der Waals surface area contributed by atoms with E-state index in [9.17, 15) is 9.59 Å². The molecule has 1 N–H and O–H groups in total. The second kappa shape index (κ2) is 12.8. The molecule has 1 saturated heterocycles. The van der Waals surface area contributed by atoms with E-state index < -0.39 is 0 Å². The average molecular weight is 402 g/mol. The van der Waals surface area contributed by atoms with Crippen LogP contribution in [0.2, 0.25) is 0 Å². The first-order valence-electron chi connectivity index (χ1n) is 10.1. The molecule has 2 amide bonds. The van der Waals surface area contributed by atoms with E-state index in [1.165, 1.54) is 7.11 Å². The predicted octanol–water partition coefficient (Wildman–Crippen LogP) is 0.757. The van der Waals surface area contributed by atoms with Crippen LogP contribution in [0.25, 0.3) is 0 Å². The van der Waals surface area contributed by atoms with Gasteiger partial charge in [-0.05, 0) is 40.9 Å². The summed E-state index contributed by atoms with van der Waals surface area (Å²) < 4.78 is 9.80. The molecule has 0 bridgehead atoms. The van der Waals surface area contributed by atoms with Crippen LogP contribution in [0.4, 0.5) is 9.59 Å². The van der Waals surface area contributed by atoms with E-state index in [0.717, 1.165) is 45.7 Å². The number of alkyl carbamates (subject to hydrolysis) is 1. The van der Waals surface area contributed by atoms with Crippen LogP contribution in [0, 0.1) is 0 Å². The molecule has 9 nitrogen and oxygen atoms in total. The number of amides is 2.